The van der Waals surface area contributed by atoms with Gasteiger partial charge < -0.3 is 4.52 Å². The highest BCUT2D eigenvalue weighted by Crippen LogP contribution is 2.51. The molecule has 5 nitrogen and oxygen atoms in total. The van der Waals surface area contributed by atoms with Crippen LogP contribution in [0.3, 0.4) is 0 Å². The minimum Gasteiger partial charge on any atom is -0.392 e. The van der Waals surface area contributed by atoms with E-state index in [0.29, 0.717) is 10.7 Å². The minimum absolute atomic E-state index is 0.140. The molecule has 19 heavy (non-hydrogen) atoms. The van der Waals surface area contributed by atoms with Crippen molar-refractivity contribution in [2.45, 2.75) is 20.8 Å². The van der Waals surface area contributed by atoms with E-state index in [1.807, 2.05) is 0 Å². The molecule has 0 heterocycles. The normalized spacial score (nSPS) is 13.5. The SMILES string of the molecule is CCOP(=O)(ON=C(C)C)Oc1ccc(Cl)cc1Cl. The summed E-state index contributed by atoms with van der Waals surface area (Å²) in [7, 11) is -3.85. The molecule has 0 spiro atoms. The summed E-state index contributed by atoms with van der Waals surface area (Å²) in [6.45, 7) is 5.17. The van der Waals surface area contributed by atoms with Crippen molar-refractivity contribution in [3.05, 3.63) is 28.2 Å². The van der Waals surface area contributed by atoms with Crippen molar-refractivity contribution >= 4 is 36.7 Å². The molecule has 0 fully saturated rings. The molecule has 0 saturated carbocycles. The van der Waals surface area contributed by atoms with Gasteiger partial charge in [0, 0.05) is 5.02 Å². The molecule has 0 saturated heterocycles. The number of halogens is 2. The van der Waals surface area contributed by atoms with Gasteiger partial charge in [-0.25, -0.2) is 4.57 Å². The van der Waals surface area contributed by atoms with Gasteiger partial charge in [-0.05, 0) is 39.0 Å². The largest absolute Gasteiger partial charge is 0.608 e. The molecule has 106 valence electrons. The molecular formula is C11H14Cl2NO4P. The molecule has 1 aromatic carbocycles. The van der Waals surface area contributed by atoms with Crippen LogP contribution in [-0.4, -0.2) is 12.3 Å². The molecule has 1 rings (SSSR count). The number of rotatable bonds is 6. The summed E-state index contributed by atoms with van der Waals surface area (Å²) in [6, 6.07) is 4.48. The Balaban J connectivity index is 2.94. The number of hydrogen-bond donors (Lipinski definition) is 0. The van der Waals surface area contributed by atoms with E-state index in [-0.39, 0.29) is 17.4 Å². The predicted molar refractivity (Wildman–Crippen MR) is 76.2 cm³/mol. The highest BCUT2D eigenvalue weighted by Gasteiger charge is 2.31. The number of hydrogen-bond acceptors (Lipinski definition) is 5. The lowest BCUT2D eigenvalue weighted by Crippen LogP contribution is -2.01. The highest BCUT2D eigenvalue weighted by molar-refractivity contribution is 7.48. The van der Waals surface area contributed by atoms with Crippen molar-refractivity contribution in [2.75, 3.05) is 6.61 Å². The predicted octanol–water partition coefficient (Wildman–Crippen LogP) is 4.93. The first-order valence-electron chi connectivity index (χ1n) is 5.45. The molecule has 0 bridgehead atoms. The molecule has 8 heteroatoms. The van der Waals surface area contributed by atoms with Crippen molar-refractivity contribution < 1.29 is 18.2 Å². The third-order valence-electron chi connectivity index (χ3n) is 1.71. The Labute approximate surface area is 122 Å². The second-order valence-electron chi connectivity index (χ2n) is 3.65. The van der Waals surface area contributed by atoms with Crippen LogP contribution in [-0.2, 0) is 13.7 Å². The zero-order chi connectivity index (χ0) is 14.5. The molecule has 0 radical (unpaired) electrons. The lowest BCUT2D eigenvalue weighted by molar-refractivity contribution is 0.166. The second kappa shape index (κ2) is 7.15. The first-order valence-corrected chi connectivity index (χ1v) is 7.67. The summed E-state index contributed by atoms with van der Waals surface area (Å²) in [6.07, 6.45) is 0. The van der Waals surface area contributed by atoms with E-state index in [1.165, 1.54) is 12.1 Å². The summed E-state index contributed by atoms with van der Waals surface area (Å²) < 4.78 is 27.3. The van der Waals surface area contributed by atoms with E-state index < -0.39 is 7.82 Å². The maximum absolute atomic E-state index is 12.3. The van der Waals surface area contributed by atoms with Gasteiger partial charge in [0.1, 0.15) is 0 Å². The highest BCUT2D eigenvalue weighted by atomic mass is 35.5. The lowest BCUT2D eigenvalue weighted by atomic mass is 10.3. The number of nitrogens with zero attached hydrogens (tertiary/aromatic N) is 1. The van der Waals surface area contributed by atoms with Gasteiger partial charge in [0.25, 0.3) is 0 Å². The van der Waals surface area contributed by atoms with Crippen molar-refractivity contribution in [2.24, 2.45) is 5.16 Å². The van der Waals surface area contributed by atoms with Gasteiger partial charge in [-0.3, -0.25) is 9.15 Å². The molecule has 0 N–H and O–H groups in total. The summed E-state index contributed by atoms with van der Waals surface area (Å²) in [5.74, 6) is 0.145. The summed E-state index contributed by atoms with van der Waals surface area (Å²) in [4.78, 5) is 0. The monoisotopic (exact) mass is 325 g/mol. The third kappa shape index (κ3) is 5.41. The summed E-state index contributed by atoms with van der Waals surface area (Å²) in [5, 5.41) is 4.23. The Morgan fingerprint density at radius 3 is 2.58 bits per heavy atom. The molecule has 0 aliphatic carbocycles. The Bertz CT molecular complexity index is 517. The molecule has 1 unspecified atom stereocenters. The fourth-order valence-corrected chi connectivity index (χ4v) is 2.64. The fraction of sp³-hybridized carbons (Fsp3) is 0.364. The molecule has 0 amide bonds. The van der Waals surface area contributed by atoms with Crippen LogP contribution in [0.2, 0.25) is 10.0 Å². The minimum atomic E-state index is -3.85. The lowest BCUT2D eigenvalue weighted by Gasteiger charge is -2.15. The maximum Gasteiger partial charge on any atom is 0.608 e. The first-order chi connectivity index (χ1) is 8.86. The van der Waals surface area contributed by atoms with Crippen molar-refractivity contribution in [1.82, 2.24) is 0 Å². The van der Waals surface area contributed by atoms with Gasteiger partial charge in [-0.2, -0.15) is 0 Å². The Morgan fingerprint density at radius 1 is 1.37 bits per heavy atom. The van der Waals surface area contributed by atoms with Crippen LogP contribution in [0.15, 0.2) is 23.4 Å². The van der Waals surface area contributed by atoms with Crippen LogP contribution in [0, 0.1) is 0 Å². The molecule has 0 aromatic heterocycles. The second-order valence-corrected chi connectivity index (χ2v) is 5.99. The van der Waals surface area contributed by atoms with Crippen molar-refractivity contribution in [3.8, 4) is 5.75 Å². The molecular weight excluding hydrogens is 312 g/mol. The molecule has 0 aliphatic heterocycles. The smallest absolute Gasteiger partial charge is 0.392 e. The maximum atomic E-state index is 12.3. The van der Waals surface area contributed by atoms with Gasteiger partial charge in [0.15, 0.2) is 5.75 Å². The Kier molecular flexibility index (Phi) is 6.14. The van der Waals surface area contributed by atoms with Crippen LogP contribution >= 0.6 is 31.0 Å². The Hall–Kier alpha value is -0.740. The van der Waals surface area contributed by atoms with Crippen LogP contribution < -0.4 is 4.52 Å². The van der Waals surface area contributed by atoms with Gasteiger partial charge in [0.2, 0.25) is 0 Å². The van der Waals surface area contributed by atoms with Crippen molar-refractivity contribution in [1.29, 1.82) is 0 Å². The van der Waals surface area contributed by atoms with Gasteiger partial charge >= 0.3 is 7.82 Å². The van der Waals surface area contributed by atoms with E-state index in [1.54, 1.807) is 26.8 Å². The van der Waals surface area contributed by atoms with E-state index in [9.17, 15) is 4.57 Å². The standard InChI is InChI=1S/C11H14Cl2NO4P/c1-4-16-19(15,18-14-8(2)3)17-11-6-5-9(12)7-10(11)13/h5-7H,4H2,1-3H3. The number of benzene rings is 1. The topological polar surface area (TPSA) is 57.1 Å². The number of phosphoric acid groups is 1. The number of phosphoric ester groups is 1. The zero-order valence-corrected chi connectivity index (χ0v) is 13.1. The Morgan fingerprint density at radius 2 is 2.05 bits per heavy atom. The first kappa shape index (κ1) is 16.3. The van der Waals surface area contributed by atoms with Crippen LogP contribution in [0.5, 0.6) is 5.75 Å². The zero-order valence-electron chi connectivity index (χ0n) is 10.7. The van der Waals surface area contributed by atoms with Crippen LogP contribution in [0.1, 0.15) is 20.8 Å². The van der Waals surface area contributed by atoms with Gasteiger partial charge in [0.05, 0.1) is 17.3 Å². The fourth-order valence-electron chi connectivity index (χ4n) is 1.03. The van der Waals surface area contributed by atoms with E-state index in [4.69, 9.17) is 36.9 Å². The van der Waals surface area contributed by atoms with Crippen LogP contribution in [0.4, 0.5) is 0 Å². The van der Waals surface area contributed by atoms with Crippen LogP contribution in [0.25, 0.3) is 0 Å². The van der Waals surface area contributed by atoms with Crippen molar-refractivity contribution in [3.63, 3.8) is 0 Å². The number of oxime groups is 1. The molecule has 1 atom stereocenters. The third-order valence-corrected chi connectivity index (χ3v) is 3.52. The van der Waals surface area contributed by atoms with E-state index in [0.717, 1.165) is 0 Å². The average Bonchev–Trinajstić information content (AvgIpc) is 2.31. The average molecular weight is 326 g/mol. The van der Waals surface area contributed by atoms with Gasteiger partial charge in [-0.15, -0.1) is 0 Å². The summed E-state index contributed by atoms with van der Waals surface area (Å²) in [5.41, 5.74) is 0.575. The molecule has 1 aromatic rings. The van der Waals surface area contributed by atoms with Gasteiger partial charge in [-0.1, -0.05) is 28.4 Å². The quantitative estimate of drug-likeness (QED) is 0.422. The van der Waals surface area contributed by atoms with E-state index >= 15 is 0 Å². The summed E-state index contributed by atoms with van der Waals surface area (Å²) >= 11 is 11.7. The molecule has 0 aliphatic rings. The van der Waals surface area contributed by atoms with E-state index in [2.05, 4.69) is 5.16 Å².